The molecule has 1 N–H and O–H groups in total. The number of rotatable bonds is 5. The Hall–Kier alpha value is -3.08. The fourth-order valence-corrected chi connectivity index (χ4v) is 3.50. The molecule has 2 aromatic rings. The first kappa shape index (κ1) is 24.6. The molecule has 0 spiro atoms. The zero-order chi connectivity index (χ0) is 24.4. The van der Waals surface area contributed by atoms with Crippen molar-refractivity contribution >= 4 is 23.1 Å². The number of amides is 1. The molecule has 178 valence electrons. The summed E-state index contributed by atoms with van der Waals surface area (Å²) in [5.41, 5.74) is -2.04. The third-order valence-electron chi connectivity index (χ3n) is 5.25. The van der Waals surface area contributed by atoms with E-state index in [9.17, 15) is 35.9 Å². The van der Waals surface area contributed by atoms with Crippen molar-refractivity contribution in [3.05, 3.63) is 59.2 Å². The van der Waals surface area contributed by atoms with Gasteiger partial charge in [0, 0.05) is 43.1 Å². The maximum Gasteiger partial charge on any atom is 0.416 e. The number of anilines is 2. The molecule has 0 atom stereocenters. The molecule has 1 fully saturated rings. The largest absolute Gasteiger partial charge is 0.416 e. The monoisotopic (exact) mass is 473 g/mol. The van der Waals surface area contributed by atoms with Gasteiger partial charge in [0.2, 0.25) is 5.91 Å². The first-order valence-electron chi connectivity index (χ1n) is 10.0. The van der Waals surface area contributed by atoms with Crippen molar-refractivity contribution in [3.63, 3.8) is 0 Å². The first-order chi connectivity index (χ1) is 15.3. The number of halogens is 6. The molecule has 1 heterocycles. The summed E-state index contributed by atoms with van der Waals surface area (Å²) in [6, 6.07) is 8.07. The van der Waals surface area contributed by atoms with E-state index >= 15 is 0 Å². The van der Waals surface area contributed by atoms with Crippen molar-refractivity contribution in [1.82, 2.24) is 4.90 Å². The minimum absolute atomic E-state index is 0.0117. The number of carbonyl (C=O) groups excluding carboxylic acids is 2. The van der Waals surface area contributed by atoms with E-state index in [4.69, 9.17) is 0 Å². The van der Waals surface area contributed by atoms with Gasteiger partial charge in [-0.2, -0.15) is 26.3 Å². The van der Waals surface area contributed by atoms with Crippen LogP contribution in [0.1, 0.15) is 28.4 Å². The van der Waals surface area contributed by atoms with Gasteiger partial charge < -0.3 is 10.2 Å². The Bertz CT molecular complexity index is 978. The Kier molecular flexibility index (Phi) is 7.01. The SMILES string of the molecule is CC(=O)c1ccc(N2CCN(CC(=O)Nc3cc(C(F)(F)F)cc(C(F)(F)F)c3)CC2)cc1. The number of hydrogen-bond donors (Lipinski definition) is 1. The second-order valence-electron chi connectivity index (χ2n) is 7.71. The molecular weight excluding hydrogens is 452 g/mol. The molecule has 5 nitrogen and oxygen atoms in total. The molecule has 3 rings (SSSR count). The van der Waals surface area contributed by atoms with Crippen molar-refractivity contribution in [1.29, 1.82) is 0 Å². The normalized spacial score (nSPS) is 15.4. The summed E-state index contributed by atoms with van der Waals surface area (Å²) in [6.45, 7) is 3.37. The van der Waals surface area contributed by atoms with Gasteiger partial charge in [0.1, 0.15) is 0 Å². The lowest BCUT2D eigenvalue weighted by Gasteiger charge is -2.35. The molecule has 1 aliphatic heterocycles. The van der Waals surface area contributed by atoms with Gasteiger partial charge in [-0.1, -0.05) is 0 Å². The van der Waals surface area contributed by atoms with E-state index in [-0.39, 0.29) is 18.4 Å². The van der Waals surface area contributed by atoms with Crippen LogP contribution in [0.5, 0.6) is 0 Å². The number of benzene rings is 2. The molecule has 33 heavy (non-hydrogen) atoms. The van der Waals surface area contributed by atoms with Crippen molar-refractivity contribution < 1.29 is 35.9 Å². The zero-order valence-corrected chi connectivity index (χ0v) is 17.6. The summed E-state index contributed by atoms with van der Waals surface area (Å²) >= 11 is 0. The number of ketones is 1. The summed E-state index contributed by atoms with van der Waals surface area (Å²) in [4.78, 5) is 27.5. The fourth-order valence-electron chi connectivity index (χ4n) is 3.50. The molecule has 1 amide bonds. The second-order valence-corrected chi connectivity index (χ2v) is 7.71. The van der Waals surface area contributed by atoms with E-state index < -0.39 is 35.1 Å². The predicted octanol–water partition coefficient (Wildman–Crippen LogP) is 4.69. The molecule has 0 saturated carbocycles. The van der Waals surface area contributed by atoms with Crippen LogP contribution in [0.2, 0.25) is 0 Å². The quantitative estimate of drug-likeness (QED) is 0.506. The number of alkyl halides is 6. The molecule has 0 unspecified atom stereocenters. The van der Waals surface area contributed by atoms with Crippen LogP contribution < -0.4 is 10.2 Å². The molecule has 0 aliphatic carbocycles. The molecule has 0 radical (unpaired) electrons. The van der Waals surface area contributed by atoms with E-state index in [1.807, 2.05) is 12.1 Å². The first-order valence-corrected chi connectivity index (χ1v) is 10.0. The number of nitrogens with one attached hydrogen (secondary N) is 1. The lowest BCUT2D eigenvalue weighted by atomic mass is 10.1. The summed E-state index contributed by atoms with van der Waals surface area (Å²) in [7, 11) is 0. The van der Waals surface area contributed by atoms with Crippen LogP contribution >= 0.6 is 0 Å². The van der Waals surface area contributed by atoms with Gasteiger partial charge in [-0.05, 0) is 49.4 Å². The van der Waals surface area contributed by atoms with Gasteiger partial charge >= 0.3 is 12.4 Å². The van der Waals surface area contributed by atoms with Crippen LogP contribution in [0, 0.1) is 0 Å². The van der Waals surface area contributed by atoms with Crippen LogP contribution in [-0.2, 0) is 17.1 Å². The summed E-state index contributed by atoms with van der Waals surface area (Å²) in [5.74, 6) is -0.748. The Morgan fingerprint density at radius 1 is 0.848 bits per heavy atom. The van der Waals surface area contributed by atoms with E-state index in [0.717, 1.165) is 5.69 Å². The highest BCUT2D eigenvalue weighted by Crippen LogP contribution is 2.37. The van der Waals surface area contributed by atoms with Gasteiger partial charge in [-0.15, -0.1) is 0 Å². The third-order valence-corrected chi connectivity index (χ3v) is 5.25. The lowest BCUT2D eigenvalue weighted by Crippen LogP contribution is -2.48. The standard InChI is InChI=1S/C22H21F6N3O2/c1-14(32)15-2-4-19(5-3-15)31-8-6-30(7-9-31)13-20(33)29-18-11-16(21(23,24)25)10-17(12-18)22(26,27)28/h2-5,10-12H,6-9,13H2,1H3,(H,29,33). The molecule has 11 heteroatoms. The number of carbonyl (C=O) groups is 2. The van der Waals surface area contributed by atoms with Gasteiger partial charge in [-0.25, -0.2) is 0 Å². The molecule has 2 aromatic carbocycles. The van der Waals surface area contributed by atoms with Crippen molar-refractivity contribution in [2.24, 2.45) is 0 Å². The maximum absolute atomic E-state index is 13.0. The summed E-state index contributed by atoms with van der Waals surface area (Å²) in [6.07, 6.45) is -9.97. The van der Waals surface area contributed by atoms with Crippen molar-refractivity contribution in [2.75, 3.05) is 42.9 Å². The average Bonchev–Trinajstić information content (AvgIpc) is 2.73. The minimum Gasteiger partial charge on any atom is -0.369 e. The average molecular weight is 473 g/mol. The number of piperazine rings is 1. The number of Topliss-reactive ketones (excluding diaryl/α,β-unsaturated/α-hetero) is 1. The maximum atomic E-state index is 13.0. The van der Waals surface area contributed by atoms with Gasteiger partial charge in [0.25, 0.3) is 0 Å². The van der Waals surface area contributed by atoms with Crippen LogP contribution in [0.4, 0.5) is 37.7 Å². The topological polar surface area (TPSA) is 52.7 Å². The Labute approximate surface area is 186 Å². The van der Waals surface area contributed by atoms with E-state index in [1.54, 1.807) is 17.0 Å². The molecule has 0 bridgehead atoms. The van der Waals surface area contributed by atoms with Crippen molar-refractivity contribution in [3.8, 4) is 0 Å². The highest BCUT2D eigenvalue weighted by molar-refractivity contribution is 5.94. The molecule has 1 aliphatic rings. The predicted molar refractivity (Wildman–Crippen MR) is 110 cm³/mol. The lowest BCUT2D eigenvalue weighted by molar-refractivity contribution is -0.143. The molecular formula is C22H21F6N3O2. The zero-order valence-electron chi connectivity index (χ0n) is 17.6. The van der Waals surface area contributed by atoms with Gasteiger partial charge in [0.05, 0.1) is 17.7 Å². The smallest absolute Gasteiger partial charge is 0.369 e. The summed E-state index contributed by atoms with van der Waals surface area (Å²) < 4.78 is 77.8. The van der Waals surface area contributed by atoms with Crippen LogP contribution in [0.25, 0.3) is 0 Å². The number of nitrogens with zero attached hydrogens (tertiary/aromatic N) is 2. The van der Waals surface area contributed by atoms with Crippen LogP contribution in [0.15, 0.2) is 42.5 Å². The van der Waals surface area contributed by atoms with Gasteiger partial charge in [0.15, 0.2) is 5.78 Å². The van der Waals surface area contributed by atoms with Gasteiger partial charge in [-0.3, -0.25) is 14.5 Å². The van der Waals surface area contributed by atoms with E-state index in [0.29, 0.717) is 43.9 Å². The highest BCUT2D eigenvalue weighted by atomic mass is 19.4. The second kappa shape index (κ2) is 9.42. The Balaban J connectivity index is 1.60. The fraction of sp³-hybridized carbons (Fsp3) is 0.364. The van der Waals surface area contributed by atoms with Crippen molar-refractivity contribution in [2.45, 2.75) is 19.3 Å². The van der Waals surface area contributed by atoms with E-state index in [1.165, 1.54) is 6.92 Å². The molecule has 0 aromatic heterocycles. The third kappa shape index (κ3) is 6.47. The Morgan fingerprint density at radius 3 is 1.82 bits per heavy atom. The highest BCUT2D eigenvalue weighted by Gasteiger charge is 2.37. The minimum atomic E-state index is -4.99. The van der Waals surface area contributed by atoms with E-state index in [2.05, 4.69) is 10.2 Å². The van der Waals surface area contributed by atoms with Crippen LogP contribution in [0.3, 0.4) is 0 Å². The summed E-state index contributed by atoms with van der Waals surface area (Å²) in [5, 5.41) is 2.15. The number of hydrogen-bond acceptors (Lipinski definition) is 4. The Morgan fingerprint density at radius 2 is 1.36 bits per heavy atom. The van der Waals surface area contributed by atoms with Crippen LogP contribution in [-0.4, -0.2) is 49.3 Å². The molecule has 1 saturated heterocycles.